The molecule has 1 spiro atoms. The molecule has 6 nitrogen and oxygen atoms in total. The molecule has 192 valence electrons. The lowest BCUT2D eigenvalue weighted by Crippen LogP contribution is -2.65. The van der Waals surface area contributed by atoms with Gasteiger partial charge in [-0.05, 0) is 80.2 Å². The Bertz CT molecular complexity index is 1200. The van der Waals surface area contributed by atoms with E-state index in [4.69, 9.17) is 0 Å². The van der Waals surface area contributed by atoms with Crippen LogP contribution < -0.4 is 4.90 Å². The molecule has 4 fully saturated rings. The van der Waals surface area contributed by atoms with Crippen LogP contribution in [0, 0.1) is 51.8 Å². The van der Waals surface area contributed by atoms with Gasteiger partial charge in [0.25, 0.3) is 0 Å². The number of nitrogens with zero attached hydrogens (tertiary/aromatic N) is 1. The van der Waals surface area contributed by atoms with Crippen LogP contribution in [-0.2, 0) is 14.4 Å². The SMILES string of the molecule is CC(C)C1=C[C@]23CC[C@@H]4[C@@](C)(CCC[C@]4(C)C(=O)O)[C@@H]2C[C@@H]1[C@@H]1C(=O)N(c2cccc(O)c2)C(=O)[C@@H]13. The van der Waals surface area contributed by atoms with Gasteiger partial charge in [-0.1, -0.05) is 44.9 Å². The predicted molar refractivity (Wildman–Crippen MR) is 135 cm³/mol. The van der Waals surface area contributed by atoms with E-state index in [0.717, 1.165) is 32.1 Å². The summed E-state index contributed by atoms with van der Waals surface area (Å²) in [6, 6.07) is 6.43. The van der Waals surface area contributed by atoms with Crippen molar-refractivity contribution in [3.63, 3.8) is 0 Å². The number of imide groups is 1. The maximum atomic E-state index is 14.2. The summed E-state index contributed by atoms with van der Waals surface area (Å²) in [5.41, 5.74) is 0.366. The van der Waals surface area contributed by atoms with Crippen molar-refractivity contribution in [3.8, 4) is 5.75 Å². The van der Waals surface area contributed by atoms with Crippen LogP contribution in [-0.4, -0.2) is 28.0 Å². The second kappa shape index (κ2) is 7.45. The number of rotatable bonds is 3. The predicted octanol–water partition coefficient (Wildman–Crippen LogP) is 5.41. The van der Waals surface area contributed by atoms with Gasteiger partial charge in [0.05, 0.1) is 22.9 Å². The number of phenolic OH excluding ortho intramolecular Hbond substituents is 1. The quantitative estimate of drug-likeness (QED) is 0.436. The first kappa shape index (κ1) is 23.7. The maximum Gasteiger partial charge on any atom is 0.309 e. The Labute approximate surface area is 212 Å². The highest BCUT2D eigenvalue weighted by atomic mass is 16.4. The Morgan fingerprint density at radius 2 is 1.83 bits per heavy atom. The zero-order valence-electron chi connectivity index (χ0n) is 21.7. The number of benzene rings is 1. The number of carbonyl (C=O) groups excluding carboxylic acids is 2. The maximum absolute atomic E-state index is 14.2. The zero-order chi connectivity index (χ0) is 25.8. The van der Waals surface area contributed by atoms with Crippen LogP contribution in [0.3, 0.4) is 0 Å². The summed E-state index contributed by atoms with van der Waals surface area (Å²) in [5, 5.41) is 20.3. The largest absolute Gasteiger partial charge is 0.508 e. The lowest BCUT2D eigenvalue weighted by Gasteiger charge is -2.68. The molecule has 1 aromatic carbocycles. The second-order valence-corrected chi connectivity index (χ2v) is 13.0. The molecule has 2 bridgehead atoms. The molecule has 1 heterocycles. The number of hydrogen-bond donors (Lipinski definition) is 2. The Morgan fingerprint density at radius 3 is 2.50 bits per heavy atom. The summed E-state index contributed by atoms with van der Waals surface area (Å²) in [4.78, 5) is 42.0. The molecule has 7 rings (SSSR count). The zero-order valence-corrected chi connectivity index (χ0v) is 21.7. The van der Waals surface area contributed by atoms with Gasteiger partial charge in [0.1, 0.15) is 5.75 Å². The fourth-order valence-corrected chi connectivity index (χ4v) is 9.84. The van der Waals surface area contributed by atoms with Gasteiger partial charge in [-0.2, -0.15) is 0 Å². The standard InChI is InChI=1S/C30H37NO5/c1-16(2)20-15-30-12-9-21-28(3,10-6-11-29(21,4)27(35)36)22(30)14-19(20)23-24(30)26(34)31(25(23)33)17-7-5-8-18(32)13-17/h5,7-8,13,15-16,19,21-24,32H,6,9-12,14H2,1-4H3,(H,35,36)/t19-,21+,22-,23-,24+,28+,29-,30+/m0/s1. The molecule has 6 aliphatic rings. The molecule has 1 saturated heterocycles. The minimum Gasteiger partial charge on any atom is -0.508 e. The number of hydrogen-bond acceptors (Lipinski definition) is 4. The van der Waals surface area contributed by atoms with Gasteiger partial charge in [-0.15, -0.1) is 0 Å². The molecule has 1 aliphatic heterocycles. The molecule has 0 unspecified atom stereocenters. The van der Waals surface area contributed by atoms with E-state index >= 15 is 0 Å². The van der Waals surface area contributed by atoms with E-state index in [-0.39, 0.29) is 52.6 Å². The average Bonchev–Trinajstić information content (AvgIpc) is 3.10. The number of phenols is 1. The number of fused-ring (bicyclic) bond motifs is 1. The Morgan fingerprint density at radius 1 is 1.08 bits per heavy atom. The van der Waals surface area contributed by atoms with Gasteiger partial charge in [0.15, 0.2) is 0 Å². The Hall–Kier alpha value is -2.63. The van der Waals surface area contributed by atoms with Crippen LogP contribution in [0.1, 0.15) is 66.2 Å². The van der Waals surface area contributed by atoms with Crippen molar-refractivity contribution in [3.05, 3.63) is 35.9 Å². The van der Waals surface area contributed by atoms with Gasteiger partial charge in [0.2, 0.25) is 11.8 Å². The lowest BCUT2D eigenvalue weighted by atomic mass is 9.34. The van der Waals surface area contributed by atoms with Crippen molar-refractivity contribution in [2.24, 2.45) is 51.8 Å². The van der Waals surface area contributed by atoms with Crippen LogP contribution in [0.5, 0.6) is 5.75 Å². The highest BCUT2D eigenvalue weighted by molar-refractivity contribution is 6.23. The van der Waals surface area contributed by atoms with E-state index in [9.17, 15) is 24.6 Å². The number of carboxylic acids is 1. The molecule has 2 amide bonds. The molecule has 0 aromatic heterocycles. The number of carboxylic acid groups (broad SMARTS) is 1. The number of amides is 2. The number of carbonyl (C=O) groups is 3. The van der Waals surface area contributed by atoms with Crippen molar-refractivity contribution < 1.29 is 24.6 Å². The summed E-state index contributed by atoms with van der Waals surface area (Å²) in [6.45, 7) is 8.58. The highest BCUT2D eigenvalue weighted by Gasteiger charge is 2.73. The van der Waals surface area contributed by atoms with E-state index < -0.39 is 22.7 Å². The summed E-state index contributed by atoms with van der Waals surface area (Å²) in [5.74, 6) is -1.24. The molecule has 3 saturated carbocycles. The summed E-state index contributed by atoms with van der Waals surface area (Å²) in [7, 11) is 0. The first-order valence-electron chi connectivity index (χ1n) is 13.6. The van der Waals surface area contributed by atoms with Gasteiger partial charge in [0, 0.05) is 11.5 Å². The topological polar surface area (TPSA) is 94.9 Å². The summed E-state index contributed by atoms with van der Waals surface area (Å²) in [6.07, 6.45) is 7.30. The molecular formula is C30H37NO5. The monoisotopic (exact) mass is 491 g/mol. The van der Waals surface area contributed by atoms with Crippen molar-refractivity contribution in [2.45, 2.75) is 66.2 Å². The molecule has 5 aliphatic carbocycles. The Kier molecular flexibility index (Phi) is 4.92. The number of allylic oxidation sites excluding steroid dienone is 2. The molecular weight excluding hydrogens is 454 g/mol. The second-order valence-electron chi connectivity index (χ2n) is 13.0. The minimum atomic E-state index is -0.752. The minimum absolute atomic E-state index is 0.00535. The van der Waals surface area contributed by atoms with E-state index in [2.05, 4.69) is 26.8 Å². The third-order valence-corrected chi connectivity index (χ3v) is 11.2. The highest BCUT2D eigenvalue weighted by Crippen LogP contribution is 2.74. The first-order chi connectivity index (χ1) is 17.0. The Balaban J connectivity index is 1.50. The van der Waals surface area contributed by atoms with Crippen molar-refractivity contribution in [1.82, 2.24) is 0 Å². The summed E-state index contributed by atoms with van der Waals surface area (Å²) < 4.78 is 0. The molecule has 36 heavy (non-hydrogen) atoms. The fraction of sp³-hybridized carbons (Fsp3) is 0.633. The third kappa shape index (κ3) is 2.76. The van der Waals surface area contributed by atoms with Crippen molar-refractivity contribution >= 4 is 23.5 Å². The van der Waals surface area contributed by atoms with Crippen LogP contribution in [0.15, 0.2) is 35.9 Å². The van der Waals surface area contributed by atoms with E-state index in [1.54, 1.807) is 18.2 Å². The van der Waals surface area contributed by atoms with Crippen LogP contribution >= 0.6 is 0 Å². The normalized spacial score (nSPS) is 43.2. The molecule has 8 atom stereocenters. The van der Waals surface area contributed by atoms with Crippen LogP contribution in [0.4, 0.5) is 5.69 Å². The molecule has 2 N–H and O–H groups in total. The van der Waals surface area contributed by atoms with Gasteiger partial charge in [-0.3, -0.25) is 14.4 Å². The van der Waals surface area contributed by atoms with Gasteiger partial charge in [-0.25, -0.2) is 4.90 Å². The third-order valence-electron chi connectivity index (χ3n) is 11.2. The fourth-order valence-electron chi connectivity index (χ4n) is 9.84. The molecule has 6 heteroatoms. The first-order valence-corrected chi connectivity index (χ1v) is 13.6. The summed E-state index contributed by atoms with van der Waals surface area (Å²) >= 11 is 0. The van der Waals surface area contributed by atoms with Crippen LogP contribution in [0.2, 0.25) is 0 Å². The molecule has 1 aromatic rings. The van der Waals surface area contributed by atoms with Crippen molar-refractivity contribution in [1.29, 1.82) is 0 Å². The van der Waals surface area contributed by atoms with E-state index in [1.165, 1.54) is 16.5 Å². The van der Waals surface area contributed by atoms with E-state index in [0.29, 0.717) is 12.1 Å². The van der Waals surface area contributed by atoms with Crippen molar-refractivity contribution in [2.75, 3.05) is 4.90 Å². The number of aromatic hydroxyl groups is 1. The van der Waals surface area contributed by atoms with Gasteiger partial charge < -0.3 is 10.2 Å². The average molecular weight is 492 g/mol. The van der Waals surface area contributed by atoms with E-state index in [1.807, 2.05) is 6.92 Å². The van der Waals surface area contributed by atoms with Crippen LogP contribution in [0.25, 0.3) is 0 Å². The number of anilines is 1. The lowest BCUT2D eigenvalue weighted by molar-refractivity contribution is -0.194. The molecule has 0 radical (unpaired) electrons. The van der Waals surface area contributed by atoms with Gasteiger partial charge >= 0.3 is 5.97 Å². The smallest absolute Gasteiger partial charge is 0.309 e. The number of aliphatic carboxylic acids is 1.